The van der Waals surface area contributed by atoms with Gasteiger partial charge in [0.25, 0.3) is 5.91 Å². The zero-order chi connectivity index (χ0) is 17.0. The molecular weight excluding hydrogens is 292 g/mol. The molecule has 0 saturated heterocycles. The summed E-state index contributed by atoms with van der Waals surface area (Å²) in [5.74, 6) is 0.328. The molecular formula is C16H22N6O. The predicted molar refractivity (Wildman–Crippen MR) is 87.5 cm³/mol. The minimum absolute atomic E-state index is 0.120. The fourth-order valence-electron chi connectivity index (χ4n) is 2.25. The first-order chi connectivity index (χ1) is 10.9. The molecule has 0 unspecified atom stereocenters. The van der Waals surface area contributed by atoms with Crippen LogP contribution in [-0.4, -0.2) is 37.8 Å². The van der Waals surface area contributed by atoms with Crippen molar-refractivity contribution in [3.8, 4) is 0 Å². The van der Waals surface area contributed by atoms with Gasteiger partial charge in [-0.15, -0.1) is 0 Å². The van der Waals surface area contributed by atoms with Crippen molar-refractivity contribution in [1.82, 2.24) is 24.8 Å². The first-order valence-corrected chi connectivity index (χ1v) is 7.55. The van der Waals surface area contributed by atoms with Crippen molar-refractivity contribution in [3.63, 3.8) is 0 Å². The molecule has 0 aliphatic rings. The molecule has 0 aliphatic carbocycles. The lowest BCUT2D eigenvalue weighted by molar-refractivity contribution is 0.0733. The molecule has 2 N–H and O–H groups in total. The number of hydrogen-bond acceptors (Lipinski definition) is 6. The Labute approximate surface area is 136 Å². The molecule has 23 heavy (non-hydrogen) atoms. The molecule has 2 aromatic rings. The molecule has 1 amide bonds. The van der Waals surface area contributed by atoms with Gasteiger partial charge in [0.05, 0.1) is 11.7 Å². The van der Waals surface area contributed by atoms with Gasteiger partial charge in [0, 0.05) is 18.9 Å². The zero-order valence-corrected chi connectivity index (χ0v) is 13.9. The molecule has 0 aliphatic heterocycles. The van der Waals surface area contributed by atoms with Gasteiger partial charge in [-0.1, -0.05) is 13.8 Å². The molecule has 0 bridgehead atoms. The highest BCUT2D eigenvalue weighted by atomic mass is 16.2. The van der Waals surface area contributed by atoms with Gasteiger partial charge in [-0.25, -0.2) is 19.9 Å². The summed E-state index contributed by atoms with van der Waals surface area (Å²) in [5.41, 5.74) is 7.59. The summed E-state index contributed by atoms with van der Waals surface area (Å²) in [7, 11) is 1.72. The molecule has 2 heterocycles. The average molecular weight is 314 g/mol. The number of rotatable bonds is 5. The van der Waals surface area contributed by atoms with Crippen LogP contribution in [0.4, 0.5) is 5.95 Å². The lowest BCUT2D eigenvalue weighted by Crippen LogP contribution is -2.31. The van der Waals surface area contributed by atoms with Crippen LogP contribution in [0.5, 0.6) is 0 Å². The van der Waals surface area contributed by atoms with Crippen LogP contribution in [0.1, 0.15) is 48.7 Å². The maximum Gasteiger partial charge on any atom is 0.272 e. The van der Waals surface area contributed by atoms with E-state index in [1.807, 2.05) is 6.92 Å². The van der Waals surface area contributed by atoms with Crippen LogP contribution in [0.15, 0.2) is 24.7 Å². The van der Waals surface area contributed by atoms with Crippen LogP contribution >= 0.6 is 0 Å². The Bertz CT molecular complexity index is 674. The summed E-state index contributed by atoms with van der Waals surface area (Å²) in [6.07, 6.45) is 3.87. The molecule has 0 aromatic carbocycles. The fourth-order valence-corrected chi connectivity index (χ4v) is 2.25. The average Bonchev–Trinajstić information content (AvgIpc) is 2.52. The molecule has 122 valence electrons. The van der Waals surface area contributed by atoms with Crippen LogP contribution < -0.4 is 5.73 Å². The lowest BCUT2D eigenvalue weighted by atomic mass is 10.1. The van der Waals surface area contributed by atoms with Gasteiger partial charge < -0.3 is 10.6 Å². The first-order valence-electron chi connectivity index (χ1n) is 7.55. The summed E-state index contributed by atoms with van der Waals surface area (Å²) in [6, 6.07) is 3.30. The summed E-state index contributed by atoms with van der Waals surface area (Å²) in [6.45, 7) is 6.08. The highest BCUT2D eigenvalue weighted by molar-refractivity contribution is 5.92. The first kappa shape index (κ1) is 16.8. The maximum atomic E-state index is 12.7. The van der Waals surface area contributed by atoms with Crippen LogP contribution in [-0.2, 0) is 6.42 Å². The van der Waals surface area contributed by atoms with E-state index in [9.17, 15) is 4.79 Å². The van der Waals surface area contributed by atoms with Gasteiger partial charge in [-0.2, -0.15) is 0 Å². The third-order valence-electron chi connectivity index (χ3n) is 3.57. The number of hydrogen-bond donors (Lipinski definition) is 1. The number of anilines is 1. The van der Waals surface area contributed by atoms with Crippen molar-refractivity contribution in [2.45, 2.75) is 33.2 Å². The summed E-state index contributed by atoms with van der Waals surface area (Å²) >= 11 is 0. The SMILES string of the molecule is CC(C)Cc1cc(C(=O)N(C)[C@@H](C)c2ccncn2)nc(N)n1. The predicted octanol–water partition coefficient (Wildman–Crippen LogP) is 1.88. The molecule has 0 radical (unpaired) electrons. The van der Waals surface area contributed by atoms with Gasteiger partial charge in [0.2, 0.25) is 5.95 Å². The highest BCUT2D eigenvalue weighted by Crippen LogP contribution is 2.18. The number of carbonyl (C=O) groups excluding carboxylic acids is 1. The van der Waals surface area contributed by atoms with Gasteiger partial charge in [-0.3, -0.25) is 4.79 Å². The van der Waals surface area contributed by atoms with E-state index < -0.39 is 0 Å². The fraction of sp³-hybridized carbons (Fsp3) is 0.438. The zero-order valence-electron chi connectivity index (χ0n) is 13.9. The van der Waals surface area contributed by atoms with E-state index in [-0.39, 0.29) is 17.9 Å². The van der Waals surface area contributed by atoms with Crippen molar-refractivity contribution in [3.05, 3.63) is 41.7 Å². The normalized spacial score (nSPS) is 12.2. The number of nitrogens with two attached hydrogens (primary N) is 1. The van der Waals surface area contributed by atoms with Crippen LogP contribution in [0, 0.1) is 5.92 Å². The van der Waals surface area contributed by atoms with Gasteiger partial charge in [0.1, 0.15) is 12.0 Å². The van der Waals surface area contributed by atoms with Crippen LogP contribution in [0.2, 0.25) is 0 Å². The summed E-state index contributed by atoms with van der Waals surface area (Å²) in [4.78, 5) is 30.6. The Morgan fingerprint density at radius 2 is 2.04 bits per heavy atom. The number of carbonyl (C=O) groups is 1. The van der Waals surface area contributed by atoms with Crippen molar-refractivity contribution >= 4 is 11.9 Å². The van der Waals surface area contributed by atoms with E-state index in [1.165, 1.54) is 6.33 Å². The third-order valence-corrected chi connectivity index (χ3v) is 3.57. The third kappa shape index (κ3) is 4.21. The minimum atomic E-state index is -0.213. The molecule has 1 atom stereocenters. The smallest absolute Gasteiger partial charge is 0.272 e. The number of aromatic nitrogens is 4. The maximum absolute atomic E-state index is 12.7. The van der Waals surface area contributed by atoms with Crippen molar-refractivity contribution in [2.75, 3.05) is 12.8 Å². The van der Waals surface area contributed by atoms with Crippen LogP contribution in [0.25, 0.3) is 0 Å². The minimum Gasteiger partial charge on any atom is -0.368 e. The number of nitrogen functional groups attached to an aromatic ring is 1. The molecule has 0 fully saturated rings. The lowest BCUT2D eigenvalue weighted by Gasteiger charge is -2.24. The van der Waals surface area contributed by atoms with E-state index in [1.54, 1.807) is 30.3 Å². The quantitative estimate of drug-likeness (QED) is 0.905. The second-order valence-electron chi connectivity index (χ2n) is 5.93. The van der Waals surface area contributed by atoms with Gasteiger partial charge in [0.15, 0.2) is 0 Å². The number of amides is 1. The second-order valence-corrected chi connectivity index (χ2v) is 5.93. The highest BCUT2D eigenvalue weighted by Gasteiger charge is 2.22. The number of nitrogens with zero attached hydrogens (tertiary/aromatic N) is 5. The Morgan fingerprint density at radius 1 is 1.30 bits per heavy atom. The second kappa shape index (κ2) is 7.13. The monoisotopic (exact) mass is 314 g/mol. The molecule has 7 heteroatoms. The van der Waals surface area contributed by atoms with Crippen molar-refractivity contribution in [2.24, 2.45) is 5.92 Å². The van der Waals surface area contributed by atoms with Gasteiger partial charge in [-0.05, 0) is 31.4 Å². The molecule has 0 saturated carbocycles. The van der Waals surface area contributed by atoms with Crippen LogP contribution in [0.3, 0.4) is 0 Å². The van der Waals surface area contributed by atoms with Crippen molar-refractivity contribution < 1.29 is 4.79 Å². The van der Waals surface area contributed by atoms with Crippen molar-refractivity contribution in [1.29, 1.82) is 0 Å². The summed E-state index contributed by atoms with van der Waals surface area (Å²) in [5, 5.41) is 0. The molecule has 0 spiro atoms. The Kier molecular flexibility index (Phi) is 5.20. The Morgan fingerprint density at radius 3 is 2.65 bits per heavy atom. The molecule has 2 aromatic heterocycles. The molecule has 2 rings (SSSR count). The van der Waals surface area contributed by atoms with E-state index >= 15 is 0 Å². The van der Waals surface area contributed by atoms with Gasteiger partial charge >= 0.3 is 0 Å². The van der Waals surface area contributed by atoms with E-state index in [0.29, 0.717) is 11.6 Å². The largest absolute Gasteiger partial charge is 0.368 e. The van der Waals surface area contributed by atoms with E-state index in [4.69, 9.17) is 5.73 Å². The molecule has 7 nitrogen and oxygen atoms in total. The summed E-state index contributed by atoms with van der Waals surface area (Å²) < 4.78 is 0. The van der Waals surface area contributed by atoms with E-state index in [2.05, 4.69) is 33.8 Å². The Balaban J connectivity index is 2.24. The standard InChI is InChI=1S/C16H22N6O/c1-10(2)7-12-8-14(21-16(17)20-12)15(23)22(4)11(3)13-5-6-18-9-19-13/h5-6,8-11H,7H2,1-4H3,(H2,17,20,21)/t11-/m0/s1. The Hall–Kier alpha value is -2.57. The topological polar surface area (TPSA) is 97.9 Å². The van der Waals surface area contributed by atoms with E-state index in [0.717, 1.165) is 17.8 Å².